The number of amides is 2. The van der Waals surface area contributed by atoms with Gasteiger partial charge >= 0.3 is 0 Å². The molecular weight excluding hydrogens is 362 g/mol. The molecule has 2 aromatic rings. The summed E-state index contributed by atoms with van der Waals surface area (Å²) in [5.74, 6) is -0.223. The molecule has 2 aromatic carbocycles. The maximum Gasteiger partial charge on any atom is 0.227 e. The van der Waals surface area contributed by atoms with Gasteiger partial charge < -0.3 is 10.2 Å². The summed E-state index contributed by atoms with van der Waals surface area (Å²) in [6.45, 7) is 7.31. The molecule has 5 heteroatoms. The molecule has 2 amide bonds. The molecule has 0 spiro atoms. The minimum Gasteiger partial charge on any atom is -0.352 e. The first-order valence-electron chi connectivity index (χ1n) is 10.4. The number of carbonyl (C=O) groups is 2. The van der Waals surface area contributed by atoms with Crippen LogP contribution in [0, 0.1) is 19.8 Å². The fraction of sp³-hybridized carbons (Fsp3) is 0.417. The number of carbonyl (C=O) groups excluding carboxylic acids is 2. The summed E-state index contributed by atoms with van der Waals surface area (Å²) in [4.78, 5) is 29.6. The highest BCUT2D eigenvalue weighted by Gasteiger charge is 2.37. The number of rotatable bonds is 5. The fourth-order valence-corrected chi connectivity index (χ4v) is 4.40. The van der Waals surface area contributed by atoms with Gasteiger partial charge in [-0.15, -0.1) is 0 Å². The molecule has 0 radical (unpaired) electrons. The highest BCUT2D eigenvalue weighted by molar-refractivity contribution is 6.01. The van der Waals surface area contributed by atoms with Gasteiger partial charge in [-0.25, -0.2) is 0 Å². The Morgan fingerprint density at radius 1 is 1.07 bits per heavy atom. The van der Waals surface area contributed by atoms with Crippen LogP contribution in [0.25, 0.3) is 0 Å². The Bertz CT molecular complexity index is 896. The predicted octanol–water partition coefficient (Wildman–Crippen LogP) is 3.05. The van der Waals surface area contributed by atoms with Crippen molar-refractivity contribution in [2.24, 2.45) is 5.92 Å². The van der Waals surface area contributed by atoms with Crippen LogP contribution < -0.4 is 10.2 Å². The van der Waals surface area contributed by atoms with Gasteiger partial charge in [-0.1, -0.05) is 42.5 Å². The van der Waals surface area contributed by atoms with Gasteiger partial charge in [0.1, 0.15) is 0 Å². The van der Waals surface area contributed by atoms with Gasteiger partial charge in [0.25, 0.3) is 0 Å². The van der Waals surface area contributed by atoms with Gasteiger partial charge in [0.15, 0.2) is 0 Å². The molecule has 2 heterocycles. The van der Waals surface area contributed by atoms with E-state index >= 15 is 0 Å². The smallest absolute Gasteiger partial charge is 0.227 e. The van der Waals surface area contributed by atoms with Crippen molar-refractivity contribution >= 4 is 17.5 Å². The lowest BCUT2D eigenvalue weighted by molar-refractivity contribution is -0.126. The van der Waals surface area contributed by atoms with E-state index < -0.39 is 0 Å². The number of hydrogen-bond acceptors (Lipinski definition) is 3. The van der Waals surface area contributed by atoms with Gasteiger partial charge in [0, 0.05) is 44.3 Å². The standard InChI is InChI=1S/C24H29N3O2/c1-17-7-6-10-22(18(17)2)27-15-20(13-23(27)28)24(29)25-21-11-12-26(16-21)14-19-8-4-3-5-9-19/h3-10,20-21H,11-16H2,1-2H3,(H,25,29). The largest absolute Gasteiger partial charge is 0.352 e. The molecule has 0 bridgehead atoms. The Labute approximate surface area is 172 Å². The second kappa shape index (κ2) is 8.37. The lowest BCUT2D eigenvalue weighted by Gasteiger charge is -2.21. The number of nitrogens with zero attached hydrogens (tertiary/aromatic N) is 2. The third-order valence-corrected chi connectivity index (χ3v) is 6.23. The highest BCUT2D eigenvalue weighted by atomic mass is 16.2. The van der Waals surface area contributed by atoms with Gasteiger partial charge in [-0.05, 0) is 43.0 Å². The molecule has 4 rings (SSSR count). The molecule has 2 atom stereocenters. The van der Waals surface area contributed by atoms with Crippen molar-refractivity contribution in [3.63, 3.8) is 0 Å². The molecule has 5 nitrogen and oxygen atoms in total. The average molecular weight is 392 g/mol. The van der Waals surface area contributed by atoms with Crippen molar-refractivity contribution in [3.8, 4) is 0 Å². The Balaban J connectivity index is 1.33. The van der Waals surface area contributed by atoms with E-state index in [4.69, 9.17) is 0 Å². The van der Waals surface area contributed by atoms with E-state index in [2.05, 4.69) is 34.5 Å². The van der Waals surface area contributed by atoms with Crippen molar-refractivity contribution in [1.29, 1.82) is 0 Å². The molecule has 0 aliphatic carbocycles. The topological polar surface area (TPSA) is 52.7 Å². The Hall–Kier alpha value is -2.66. The maximum atomic E-state index is 12.8. The van der Waals surface area contributed by atoms with Crippen molar-refractivity contribution < 1.29 is 9.59 Å². The van der Waals surface area contributed by atoms with Crippen molar-refractivity contribution in [3.05, 3.63) is 65.2 Å². The first-order chi connectivity index (χ1) is 14.0. The molecule has 2 aliphatic rings. The number of nitrogens with one attached hydrogen (secondary N) is 1. The lowest BCUT2D eigenvalue weighted by Crippen LogP contribution is -2.41. The minimum absolute atomic E-state index is 0.0118. The van der Waals surface area contributed by atoms with Crippen LogP contribution in [0.1, 0.15) is 29.5 Å². The minimum atomic E-state index is -0.273. The number of anilines is 1. The van der Waals surface area contributed by atoms with E-state index in [9.17, 15) is 9.59 Å². The van der Waals surface area contributed by atoms with E-state index in [1.165, 1.54) is 5.56 Å². The Morgan fingerprint density at radius 2 is 1.86 bits per heavy atom. The molecule has 29 heavy (non-hydrogen) atoms. The quantitative estimate of drug-likeness (QED) is 0.852. The number of hydrogen-bond donors (Lipinski definition) is 1. The van der Waals surface area contributed by atoms with Crippen molar-refractivity contribution in [1.82, 2.24) is 10.2 Å². The summed E-state index contributed by atoms with van der Waals surface area (Å²) in [6, 6.07) is 16.6. The maximum absolute atomic E-state index is 12.8. The SMILES string of the molecule is Cc1cccc(N2CC(C(=O)NC3CCN(Cc4ccccc4)C3)CC2=O)c1C. The predicted molar refractivity (Wildman–Crippen MR) is 115 cm³/mol. The summed E-state index contributed by atoms with van der Waals surface area (Å²) in [6.07, 6.45) is 1.25. The van der Waals surface area contributed by atoms with Crippen LogP contribution in [0.15, 0.2) is 48.5 Å². The van der Waals surface area contributed by atoms with Crippen LogP contribution in [-0.2, 0) is 16.1 Å². The van der Waals surface area contributed by atoms with Gasteiger partial charge in [0.05, 0.1) is 5.92 Å². The molecule has 1 N–H and O–H groups in total. The third kappa shape index (κ3) is 4.35. The summed E-state index contributed by atoms with van der Waals surface area (Å²) < 4.78 is 0. The second-order valence-electron chi connectivity index (χ2n) is 8.34. The third-order valence-electron chi connectivity index (χ3n) is 6.23. The molecule has 0 saturated carbocycles. The van der Waals surface area contributed by atoms with Gasteiger partial charge in [-0.2, -0.15) is 0 Å². The second-order valence-corrected chi connectivity index (χ2v) is 8.34. The molecular formula is C24H29N3O2. The summed E-state index contributed by atoms with van der Waals surface area (Å²) in [5, 5.41) is 3.20. The fourth-order valence-electron chi connectivity index (χ4n) is 4.40. The van der Waals surface area contributed by atoms with Crippen LogP contribution in [-0.4, -0.2) is 42.4 Å². The number of likely N-dealkylation sites (tertiary alicyclic amines) is 1. The zero-order valence-corrected chi connectivity index (χ0v) is 17.2. The molecule has 152 valence electrons. The first kappa shape index (κ1) is 19.6. The number of benzene rings is 2. The van der Waals surface area contributed by atoms with Crippen LogP contribution >= 0.6 is 0 Å². The van der Waals surface area contributed by atoms with Crippen LogP contribution in [0.4, 0.5) is 5.69 Å². The summed E-state index contributed by atoms with van der Waals surface area (Å²) in [5.41, 5.74) is 4.49. The van der Waals surface area contributed by atoms with Crippen LogP contribution in [0.3, 0.4) is 0 Å². The van der Waals surface area contributed by atoms with E-state index in [-0.39, 0.29) is 23.8 Å². The Morgan fingerprint density at radius 3 is 2.66 bits per heavy atom. The molecule has 2 aliphatic heterocycles. The zero-order chi connectivity index (χ0) is 20.4. The zero-order valence-electron chi connectivity index (χ0n) is 17.2. The lowest BCUT2D eigenvalue weighted by atomic mass is 10.1. The van der Waals surface area contributed by atoms with Crippen LogP contribution in [0.5, 0.6) is 0 Å². The van der Waals surface area contributed by atoms with Gasteiger partial charge in [-0.3, -0.25) is 14.5 Å². The molecule has 2 fully saturated rings. The highest BCUT2D eigenvalue weighted by Crippen LogP contribution is 2.29. The first-order valence-corrected chi connectivity index (χ1v) is 10.4. The van der Waals surface area contributed by atoms with Gasteiger partial charge in [0.2, 0.25) is 11.8 Å². The van der Waals surface area contributed by atoms with E-state index in [0.29, 0.717) is 13.0 Å². The molecule has 2 saturated heterocycles. The van der Waals surface area contributed by atoms with Crippen molar-refractivity contribution in [2.45, 2.75) is 39.3 Å². The van der Waals surface area contributed by atoms with Crippen LogP contribution in [0.2, 0.25) is 0 Å². The van der Waals surface area contributed by atoms with E-state index in [1.807, 2.05) is 38.1 Å². The normalized spacial score (nSPS) is 22.3. The summed E-state index contributed by atoms with van der Waals surface area (Å²) in [7, 11) is 0. The average Bonchev–Trinajstić information content (AvgIpc) is 3.31. The van der Waals surface area contributed by atoms with E-state index in [0.717, 1.165) is 42.9 Å². The molecule has 2 unspecified atom stereocenters. The Kier molecular flexibility index (Phi) is 5.67. The monoisotopic (exact) mass is 391 g/mol. The number of aryl methyl sites for hydroxylation is 1. The van der Waals surface area contributed by atoms with E-state index in [1.54, 1.807) is 4.90 Å². The summed E-state index contributed by atoms with van der Waals surface area (Å²) >= 11 is 0. The van der Waals surface area contributed by atoms with Crippen molar-refractivity contribution in [2.75, 3.05) is 24.5 Å². The molecule has 0 aromatic heterocycles.